The molecule has 0 unspecified atom stereocenters. The third-order valence-electron chi connectivity index (χ3n) is 3.34. The molecule has 18 heavy (non-hydrogen) atoms. The summed E-state index contributed by atoms with van der Waals surface area (Å²) < 4.78 is 0. The Kier molecular flexibility index (Phi) is 4.33. The van der Waals surface area contributed by atoms with Gasteiger partial charge in [0.15, 0.2) is 0 Å². The van der Waals surface area contributed by atoms with Crippen molar-refractivity contribution in [3.63, 3.8) is 0 Å². The summed E-state index contributed by atoms with van der Waals surface area (Å²) in [5.41, 5.74) is 2.15. The lowest BCUT2D eigenvalue weighted by Crippen LogP contribution is -2.56. The summed E-state index contributed by atoms with van der Waals surface area (Å²) in [6, 6.07) is 8.76. The van der Waals surface area contributed by atoms with Crippen molar-refractivity contribution in [2.24, 2.45) is 0 Å². The number of rotatable bonds is 5. The molecule has 1 saturated heterocycles. The molecule has 1 fully saturated rings. The first-order chi connectivity index (χ1) is 8.69. The van der Waals surface area contributed by atoms with Crippen molar-refractivity contribution in [2.45, 2.75) is 26.4 Å². The number of carbonyl (C=O) groups excluding carboxylic acids is 1. The maximum atomic E-state index is 10.9. The lowest BCUT2D eigenvalue weighted by atomic mass is 10.1. The Bertz CT molecular complexity index is 398. The van der Waals surface area contributed by atoms with Crippen LogP contribution in [0.2, 0.25) is 0 Å². The van der Waals surface area contributed by atoms with E-state index in [9.17, 15) is 4.79 Å². The van der Waals surface area contributed by atoms with Crippen LogP contribution in [0.1, 0.15) is 19.4 Å². The van der Waals surface area contributed by atoms with E-state index in [1.807, 2.05) is 12.1 Å². The second-order valence-electron chi connectivity index (χ2n) is 4.75. The molecule has 0 atom stereocenters. The number of hydrogen-bond donors (Lipinski definition) is 2. The van der Waals surface area contributed by atoms with E-state index in [1.165, 1.54) is 12.5 Å². The van der Waals surface area contributed by atoms with Crippen LogP contribution in [0.4, 0.5) is 5.69 Å². The summed E-state index contributed by atoms with van der Waals surface area (Å²) in [5, 5.41) is 6.09. The van der Waals surface area contributed by atoms with E-state index in [4.69, 9.17) is 0 Å². The zero-order valence-electron chi connectivity index (χ0n) is 11.1. The molecule has 2 rings (SSSR count). The molecule has 2 N–H and O–H groups in total. The lowest BCUT2D eigenvalue weighted by Gasteiger charge is -2.37. The minimum absolute atomic E-state index is 0.0292. The smallest absolute Gasteiger partial charge is 0.221 e. The minimum Gasteiger partial charge on any atom is -0.326 e. The lowest BCUT2D eigenvalue weighted by molar-refractivity contribution is -0.114. The number of hydrogen-bond acceptors (Lipinski definition) is 3. The SMILES string of the molecule is CCN(Cc1ccc(NC(C)=O)cc1)C1CNC1. The van der Waals surface area contributed by atoms with E-state index in [0.717, 1.165) is 31.9 Å². The van der Waals surface area contributed by atoms with E-state index in [0.29, 0.717) is 6.04 Å². The molecule has 1 aromatic rings. The molecule has 1 aliphatic rings. The van der Waals surface area contributed by atoms with Crippen LogP contribution in [0.3, 0.4) is 0 Å². The van der Waals surface area contributed by atoms with Crippen molar-refractivity contribution in [3.05, 3.63) is 29.8 Å². The van der Waals surface area contributed by atoms with Crippen molar-refractivity contribution in [3.8, 4) is 0 Å². The van der Waals surface area contributed by atoms with Crippen molar-refractivity contribution in [2.75, 3.05) is 25.0 Å². The van der Waals surface area contributed by atoms with Gasteiger partial charge in [-0.1, -0.05) is 19.1 Å². The third kappa shape index (κ3) is 3.31. The first-order valence-corrected chi connectivity index (χ1v) is 6.50. The number of nitrogens with zero attached hydrogens (tertiary/aromatic N) is 1. The van der Waals surface area contributed by atoms with E-state index < -0.39 is 0 Å². The van der Waals surface area contributed by atoms with Crippen LogP contribution in [-0.4, -0.2) is 36.5 Å². The molecule has 0 bridgehead atoms. The molecule has 1 aliphatic heterocycles. The first kappa shape index (κ1) is 13.1. The van der Waals surface area contributed by atoms with Gasteiger partial charge in [-0.2, -0.15) is 0 Å². The maximum Gasteiger partial charge on any atom is 0.221 e. The second kappa shape index (κ2) is 5.98. The van der Waals surface area contributed by atoms with E-state index >= 15 is 0 Å². The largest absolute Gasteiger partial charge is 0.326 e. The fraction of sp³-hybridized carbons (Fsp3) is 0.500. The Morgan fingerprint density at radius 2 is 2.06 bits per heavy atom. The molecule has 1 heterocycles. The molecule has 4 heteroatoms. The Labute approximate surface area is 108 Å². The predicted molar refractivity (Wildman–Crippen MR) is 73.5 cm³/mol. The van der Waals surface area contributed by atoms with Gasteiger partial charge in [0.25, 0.3) is 0 Å². The van der Waals surface area contributed by atoms with Gasteiger partial charge in [-0.15, -0.1) is 0 Å². The van der Waals surface area contributed by atoms with E-state index in [1.54, 1.807) is 0 Å². The summed E-state index contributed by atoms with van der Waals surface area (Å²) in [6.45, 7) is 7.96. The molecule has 1 amide bonds. The molecule has 0 radical (unpaired) electrons. The van der Waals surface area contributed by atoms with Crippen molar-refractivity contribution >= 4 is 11.6 Å². The zero-order valence-corrected chi connectivity index (χ0v) is 11.1. The average molecular weight is 247 g/mol. The highest BCUT2D eigenvalue weighted by molar-refractivity contribution is 5.88. The number of likely N-dealkylation sites (N-methyl/N-ethyl adjacent to an activating group) is 1. The Hall–Kier alpha value is -1.39. The predicted octanol–water partition coefficient (Wildman–Crippen LogP) is 1.44. The fourth-order valence-electron chi connectivity index (χ4n) is 2.16. The summed E-state index contributed by atoms with van der Waals surface area (Å²) in [6.07, 6.45) is 0. The normalized spacial score (nSPS) is 15.5. The third-order valence-corrected chi connectivity index (χ3v) is 3.34. The highest BCUT2D eigenvalue weighted by Crippen LogP contribution is 2.14. The van der Waals surface area contributed by atoms with Crippen molar-refractivity contribution in [1.29, 1.82) is 0 Å². The summed E-state index contributed by atoms with van der Waals surface area (Å²) in [7, 11) is 0. The Balaban J connectivity index is 1.94. The fourth-order valence-corrected chi connectivity index (χ4v) is 2.16. The number of benzene rings is 1. The van der Waals surface area contributed by atoms with Crippen LogP contribution >= 0.6 is 0 Å². The second-order valence-corrected chi connectivity index (χ2v) is 4.75. The van der Waals surface area contributed by atoms with Gasteiger partial charge in [-0.05, 0) is 24.2 Å². The van der Waals surface area contributed by atoms with E-state index in [2.05, 4.69) is 34.6 Å². The summed E-state index contributed by atoms with van der Waals surface area (Å²) in [4.78, 5) is 13.4. The quantitative estimate of drug-likeness (QED) is 0.827. The van der Waals surface area contributed by atoms with Gasteiger partial charge in [0.05, 0.1) is 0 Å². The van der Waals surface area contributed by atoms with Gasteiger partial charge in [0.1, 0.15) is 0 Å². The van der Waals surface area contributed by atoms with E-state index in [-0.39, 0.29) is 5.91 Å². The Morgan fingerprint density at radius 1 is 1.39 bits per heavy atom. The van der Waals surface area contributed by atoms with Crippen LogP contribution in [0.15, 0.2) is 24.3 Å². The molecule has 0 spiro atoms. The summed E-state index contributed by atoms with van der Waals surface area (Å²) in [5.74, 6) is -0.0292. The van der Waals surface area contributed by atoms with Gasteiger partial charge >= 0.3 is 0 Å². The molecule has 98 valence electrons. The highest BCUT2D eigenvalue weighted by atomic mass is 16.1. The number of anilines is 1. The zero-order chi connectivity index (χ0) is 13.0. The number of amides is 1. The van der Waals surface area contributed by atoms with Gasteiger partial charge in [0, 0.05) is 38.3 Å². The number of carbonyl (C=O) groups is 1. The molecule has 4 nitrogen and oxygen atoms in total. The van der Waals surface area contributed by atoms with Crippen LogP contribution in [0.25, 0.3) is 0 Å². The van der Waals surface area contributed by atoms with Crippen molar-refractivity contribution in [1.82, 2.24) is 10.2 Å². The molecule has 1 aromatic carbocycles. The van der Waals surface area contributed by atoms with Crippen LogP contribution < -0.4 is 10.6 Å². The van der Waals surface area contributed by atoms with Gasteiger partial charge in [-0.3, -0.25) is 9.69 Å². The first-order valence-electron chi connectivity index (χ1n) is 6.50. The molecular weight excluding hydrogens is 226 g/mol. The average Bonchev–Trinajstić information content (AvgIpc) is 2.27. The van der Waals surface area contributed by atoms with Crippen LogP contribution in [0, 0.1) is 0 Å². The minimum atomic E-state index is -0.0292. The molecule has 0 saturated carbocycles. The maximum absolute atomic E-state index is 10.9. The molecular formula is C14H21N3O. The van der Waals surface area contributed by atoms with Gasteiger partial charge < -0.3 is 10.6 Å². The number of nitrogens with one attached hydrogen (secondary N) is 2. The monoisotopic (exact) mass is 247 g/mol. The van der Waals surface area contributed by atoms with Crippen molar-refractivity contribution < 1.29 is 4.79 Å². The standard InChI is InChI=1S/C14H21N3O/c1-3-17(14-8-15-9-14)10-12-4-6-13(7-5-12)16-11(2)18/h4-7,14-15H,3,8-10H2,1-2H3,(H,16,18). The topological polar surface area (TPSA) is 44.4 Å². The highest BCUT2D eigenvalue weighted by Gasteiger charge is 2.22. The van der Waals surface area contributed by atoms with Gasteiger partial charge in [-0.25, -0.2) is 0 Å². The summed E-state index contributed by atoms with van der Waals surface area (Å²) >= 11 is 0. The molecule has 0 aliphatic carbocycles. The Morgan fingerprint density at radius 3 is 2.50 bits per heavy atom. The van der Waals surface area contributed by atoms with Crippen LogP contribution in [-0.2, 0) is 11.3 Å². The van der Waals surface area contributed by atoms with Crippen LogP contribution in [0.5, 0.6) is 0 Å². The van der Waals surface area contributed by atoms with Gasteiger partial charge in [0.2, 0.25) is 5.91 Å². The molecule has 0 aromatic heterocycles.